The summed E-state index contributed by atoms with van der Waals surface area (Å²) < 4.78 is 30.5. The van der Waals surface area contributed by atoms with Crippen LogP contribution in [-0.4, -0.2) is 39.5 Å². The third kappa shape index (κ3) is 4.36. The van der Waals surface area contributed by atoms with E-state index in [9.17, 15) is 8.42 Å². The molecule has 0 heterocycles. The fourth-order valence-electron chi connectivity index (χ4n) is 0.616. The zero-order valence-electron chi connectivity index (χ0n) is 9.20. The van der Waals surface area contributed by atoms with Crippen LogP contribution >= 0.6 is 0 Å². The molecular weight excluding hydrogens is 204 g/mol. The summed E-state index contributed by atoms with van der Waals surface area (Å²) in [4.78, 5) is 0. The average Bonchev–Trinajstić information content (AvgIpc) is 2.14. The lowest BCUT2D eigenvalue weighted by Crippen LogP contribution is -2.44. The number of ether oxygens (including phenoxy) is 1. The van der Waals surface area contributed by atoms with Crippen LogP contribution in [0, 0.1) is 0 Å². The van der Waals surface area contributed by atoms with E-state index in [0.29, 0.717) is 0 Å². The second kappa shape index (κ2) is 5.06. The van der Waals surface area contributed by atoms with E-state index in [1.807, 2.05) is 13.8 Å². The summed E-state index contributed by atoms with van der Waals surface area (Å²) in [6, 6.07) is 0. The molecule has 0 aliphatic heterocycles. The topological polar surface area (TPSA) is 81.4 Å². The van der Waals surface area contributed by atoms with Crippen LogP contribution in [0.15, 0.2) is 0 Å². The Balaban J connectivity index is 4.27. The van der Waals surface area contributed by atoms with Crippen LogP contribution in [0.4, 0.5) is 0 Å². The van der Waals surface area contributed by atoms with Crippen molar-refractivity contribution in [1.82, 2.24) is 4.72 Å². The molecule has 1 unspecified atom stereocenters. The van der Waals surface area contributed by atoms with Gasteiger partial charge in [-0.3, -0.25) is 0 Å². The summed E-state index contributed by atoms with van der Waals surface area (Å²) in [7, 11) is -1.77. The Morgan fingerprint density at radius 3 is 2.36 bits per heavy atom. The largest absolute Gasteiger partial charge is 0.377 e. The molecule has 6 heteroatoms. The van der Waals surface area contributed by atoms with Crippen molar-refractivity contribution in [1.29, 1.82) is 0 Å². The van der Waals surface area contributed by atoms with Gasteiger partial charge in [0, 0.05) is 20.2 Å². The van der Waals surface area contributed by atoms with Crippen LogP contribution in [-0.2, 0) is 14.8 Å². The molecule has 0 rings (SSSR count). The molecule has 0 spiro atoms. The molecule has 1 atom stereocenters. The first-order valence-corrected chi connectivity index (χ1v) is 6.03. The molecule has 0 aliphatic carbocycles. The van der Waals surface area contributed by atoms with Gasteiger partial charge in [-0.25, -0.2) is 13.1 Å². The van der Waals surface area contributed by atoms with Gasteiger partial charge >= 0.3 is 0 Å². The molecule has 5 nitrogen and oxygen atoms in total. The van der Waals surface area contributed by atoms with E-state index in [4.69, 9.17) is 10.5 Å². The predicted molar refractivity (Wildman–Crippen MR) is 56.5 cm³/mol. The zero-order chi connectivity index (χ0) is 11.4. The van der Waals surface area contributed by atoms with Crippen molar-refractivity contribution in [3.63, 3.8) is 0 Å². The van der Waals surface area contributed by atoms with Gasteiger partial charge in [0.25, 0.3) is 0 Å². The van der Waals surface area contributed by atoms with Gasteiger partial charge in [0.05, 0.1) is 10.9 Å². The Morgan fingerprint density at radius 1 is 1.50 bits per heavy atom. The van der Waals surface area contributed by atoms with E-state index in [1.165, 1.54) is 0 Å². The number of nitrogens with two attached hydrogens (primary N) is 1. The third-order valence-electron chi connectivity index (χ3n) is 2.11. The first-order valence-electron chi connectivity index (χ1n) is 4.49. The molecule has 0 bridgehead atoms. The number of sulfonamides is 1. The van der Waals surface area contributed by atoms with Crippen LogP contribution in [0.3, 0.4) is 0 Å². The van der Waals surface area contributed by atoms with Gasteiger partial charge in [0.15, 0.2) is 0 Å². The molecule has 0 aromatic heterocycles. The van der Waals surface area contributed by atoms with Crippen molar-refractivity contribution < 1.29 is 13.2 Å². The predicted octanol–water partition coefficient (Wildman–Crippen LogP) is -0.322. The van der Waals surface area contributed by atoms with E-state index < -0.39 is 20.9 Å². The summed E-state index contributed by atoms with van der Waals surface area (Å²) >= 11 is 0. The minimum Gasteiger partial charge on any atom is -0.377 e. The molecule has 0 saturated carbocycles. The highest BCUT2D eigenvalue weighted by atomic mass is 32.2. The highest BCUT2D eigenvalue weighted by Crippen LogP contribution is 2.06. The summed E-state index contributed by atoms with van der Waals surface area (Å²) in [6.45, 7) is 5.55. The van der Waals surface area contributed by atoms with Gasteiger partial charge in [-0.1, -0.05) is 0 Å². The molecule has 0 aliphatic rings. The minimum atomic E-state index is -3.31. The van der Waals surface area contributed by atoms with Crippen molar-refractivity contribution in [3.8, 4) is 0 Å². The maximum Gasteiger partial charge on any atom is 0.215 e. The summed E-state index contributed by atoms with van der Waals surface area (Å²) in [5.41, 5.74) is 4.78. The van der Waals surface area contributed by atoms with Gasteiger partial charge in [0.2, 0.25) is 10.0 Å². The SMILES string of the molecule is COC(C)(C)CNS(=O)(=O)C(C)CN. The highest BCUT2D eigenvalue weighted by molar-refractivity contribution is 7.90. The fourth-order valence-corrected chi connectivity index (χ4v) is 1.70. The van der Waals surface area contributed by atoms with Crippen LogP contribution in [0.25, 0.3) is 0 Å². The van der Waals surface area contributed by atoms with Gasteiger partial charge in [0.1, 0.15) is 0 Å². The molecule has 0 amide bonds. The monoisotopic (exact) mass is 224 g/mol. The van der Waals surface area contributed by atoms with E-state index in [-0.39, 0.29) is 13.1 Å². The van der Waals surface area contributed by atoms with Gasteiger partial charge < -0.3 is 10.5 Å². The lowest BCUT2D eigenvalue weighted by atomic mass is 10.1. The highest BCUT2D eigenvalue weighted by Gasteiger charge is 2.23. The maximum atomic E-state index is 11.5. The standard InChI is InChI=1S/C8H20N2O3S/c1-7(5-9)14(11,12)10-6-8(2,3)13-4/h7,10H,5-6,9H2,1-4H3. The molecule has 14 heavy (non-hydrogen) atoms. The zero-order valence-corrected chi connectivity index (χ0v) is 10.0. The van der Waals surface area contributed by atoms with E-state index >= 15 is 0 Å². The third-order valence-corrected chi connectivity index (χ3v) is 3.91. The second-order valence-electron chi connectivity index (χ2n) is 3.88. The Morgan fingerprint density at radius 2 is 2.00 bits per heavy atom. The molecule has 3 N–H and O–H groups in total. The molecule has 0 aromatic carbocycles. The smallest absolute Gasteiger partial charge is 0.215 e. The van der Waals surface area contributed by atoms with Gasteiger partial charge in [-0.15, -0.1) is 0 Å². The fraction of sp³-hybridized carbons (Fsp3) is 1.00. The lowest BCUT2D eigenvalue weighted by molar-refractivity contribution is 0.0276. The van der Waals surface area contributed by atoms with Crippen molar-refractivity contribution in [2.24, 2.45) is 5.73 Å². The van der Waals surface area contributed by atoms with Gasteiger partial charge in [-0.2, -0.15) is 0 Å². The first kappa shape index (κ1) is 13.8. The quantitative estimate of drug-likeness (QED) is 0.648. The summed E-state index contributed by atoms with van der Waals surface area (Å²) in [5, 5.41) is -0.574. The number of hydrogen-bond acceptors (Lipinski definition) is 4. The minimum absolute atomic E-state index is 0.114. The van der Waals surface area contributed by atoms with Crippen LogP contribution in [0.1, 0.15) is 20.8 Å². The number of rotatable bonds is 6. The van der Waals surface area contributed by atoms with E-state index in [1.54, 1.807) is 14.0 Å². The summed E-state index contributed by atoms with van der Waals surface area (Å²) in [5.74, 6) is 0. The Kier molecular flexibility index (Phi) is 5.00. The Hall–Kier alpha value is -0.170. The molecular formula is C8H20N2O3S. The first-order chi connectivity index (χ1) is 6.25. The van der Waals surface area contributed by atoms with Crippen molar-refractivity contribution >= 4 is 10.0 Å². The average molecular weight is 224 g/mol. The molecule has 0 radical (unpaired) electrons. The van der Waals surface area contributed by atoms with Crippen LogP contribution in [0.2, 0.25) is 0 Å². The van der Waals surface area contributed by atoms with Crippen LogP contribution < -0.4 is 10.5 Å². The normalized spacial score (nSPS) is 15.5. The molecule has 0 fully saturated rings. The maximum absolute atomic E-state index is 11.5. The van der Waals surface area contributed by atoms with Crippen LogP contribution in [0.5, 0.6) is 0 Å². The number of nitrogens with one attached hydrogen (secondary N) is 1. The molecule has 86 valence electrons. The molecule has 0 saturated heterocycles. The Bertz CT molecular complexity index is 262. The number of methoxy groups -OCH3 is 1. The van der Waals surface area contributed by atoms with E-state index in [2.05, 4.69) is 4.72 Å². The Labute approximate surface area is 86.1 Å². The number of hydrogen-bond donors (Lipinski definition) is 2. The van der Waals surface area contributed by atoms with Gasteiger partial charge in [-0.05, 0) is 20.8 Å². The van der Waals surface area contributed by atoms with E-state index in [0.717, 1.165) is 0 Å². The van der Waals surface area contributed by atoms with Crippen molar-refractivity contribution in [3.05, 3.63) is 0 Å². The summed E-state index contributed by atoms with van der Waals surface area (Å²) in [6.07, 6.45) is 0. The van der Waals surface area contributed by atoms with Crippen molar-refractivity contribution in [2.45, 2.75) is 31.6 Å². The second-order valence-corrected chi connectivity index (χ2v) is 6.06. The van der Waals surface area contributed by atoms with Crippen molar-refractivity contribution in [2.75, 3.05) is 20.2 Å². The lowest BCUT2D eigenvalue weighted by Gasteiger charge is -2.24. The molecule has 0 aromatic rings.